The molecule has 0 heterocycles. The summed E-state index contributed by atoms with van der Waals surface area (Å²) < 4.78 is 32.8. The van der Waals surface area contributed by atoms with Gasteiger partial charge in [0, 0.05) is 0 Å². The third kappa shape index (κ3) is 5.18. The number of rotatable bonds is 7. The maximum absolute atomic E-state index is 14.2. The van der Waals surface area contributed by atoms with Crippen molar-refractivity contribution in [1.82, 2.24) is 0 Å². The van der Waals surface area contributed by atoms with Gasteiger partial charge in [-0.1, -0.05) is 45.8 Å². The van der Waals surface area contributed by atoms with Crippen molar-refractivity contribution in [3.8, 4) is 0 Å². The molecule has 2 aliphatic carbocycles. The summed E-state index contributed by atoms with van der Waals surface area (Å²) in [5.41, 5.74) is 0.279. The first-order chi connectivity index (χ1) is 12.0. The van der Waals surface area contributed by atoms with Crippen LogP contribution >= 0.6 is 0 Å². The summed E-state index contributed by atoms with van der Waals surface area (Å²) in [5, 5.41) is 0. The molecule has 0 spiro atoms. The fraction of sp³-hybridized carbons (Fsp3) is 0.727. The van der Waals surface area contributed by atoms with Crippen LogP contribution in [0, 0.1) is 23.7 Å². The summed E-state index contributed by atoms with van der Waals surface area (Å²) in [7, 11) is 1.29. The molecule has 0 aliphatic heterocycles. The van der Waals surface area contributed by atoms with E-state index in [4.69, 9.17) is 0 Å². The maximum Gasteiger partial charge on any atom is 0.200 e. The minimum absolute atomic E-state index is 0.0445. The van der Waals surface area contributed by atoms with E-state index in [1.165, 1.54) is 45.6 Å². The second-order valence-corrected chi connectivity index (χ2v) is 7.96. The van der Waals surface area contributed by atoms with Crippen molar-refractivity contribution in [2.45, 2.75) is 71.1 Å². The van der Waals surface area contributed by atoms with Crippen LogP contribution in [0.15, 0.2) is 36.1 Å². The van der Waals surface area contributed by atoms with Gasteiger partial charge in [0.25, 0.3) is 0 Å². The fourth-order valence-electron chi connectivity index (χ4n) is 4.83. The smallest absolute Gasteiger partial charge is 0.200 e. The first-order valence-corrected chi connectivity index (χ1v) is 9.95. The lowest BCUT2D eigenvalue weighted by molar-refractivity contribution is 0.150. The fourth-order valence-corrected chi connectivity index (χ4v) is 4.83. The van der Waals surface area contributed by atoms with Crippen LogP contribution in [0.2, 0.25) is 0 Å². The lowest BCUT2D eigenvalue weighted by Gasteiger charge is -2.38. The molecule has 0 radical (unpaired) electrons. The third-order valence-corrected chi connectivity index (χ3v) is 6.49. The van der Waals surface area contributed by atoms with Gasteiger partial charge >= 0.3 is 0 Å². The van der Waals surface area contributed by atoms with E-state index < -0.39 is 11.7 Å². The predicted molar refractivity (Wildman–Crippen MR) is 100 cm³/mol. The van der Waals surface area contributed by atoms with Crippen LogP contribution in [0.4, 0.5) is 8.78 Å². The molecule has 0 bridgehead atoms. The van der Waals surface area contributed by atoms with Crippen molar-refractivity contribution in [2.75, 3.05) is 7.11 Å². The Morgan fingerprint density at radius 3 is 1.88 bits per heavy atom. The Morgan fingerprint density at radius 1 is 0.880 bits per heavy atom. The SMILES string of the molecule is C=C(OC)/C(F)=C(/F)C(=C)C1CCC(C2CCC(CCC)CC2)CC1. The van der Waals surface area contributed by atoms with E-state index in [9.17, 15) is 8.78 Å². The average Bonchev–Trinajstić information content (AvgIpc) is 2.66. The van der Waals surface area contributed by atoms with Crippen LogP contribution in [0.5, 0.6) is 0 Å². The third-order valence-electron chi connectivity index (χ3n) is 6.49. The molecule has 142 valence electrons. The summed E-state index contributed by atoms with van der Waals surface area (Å²) in [5.74, 6) is 0.428. The average molecular weight is 353 g/mol. The van der Waals surface area contributed by atoms with Crippen molar-refractivity contribution < 1.29 is 13.5 Å². The number of hydrogen-bond donors (Lipinski definition) is 0. The Kier molecular flexibility index (Phi) is 7.71. The largest absolute Gasteiger partial charge is 0.494 e. The van der Waals surface area contributed by atoms with Crippen LogP contribution < -0.4 is 0 Å². The van der Waals surface area contributed by atoms with Crippen molar-refractivity contribution in [1.29, 1.82) is 0 Å². The molecular formula is C22H34F2O. The maximum atomic E-state index is 14.2. The lowest BCUT2D eigenvalue weighted by atomic mass is 9.68. The zero-order valence-electron chi connectivity index (χ0n) is 16.0. The highest BCUT2D eigenvalue weighted by atomic mass is 19.2. The molecule has 0 atom stereocenters. The topological polar surface area (TPSA) is 9.23 Å². The van der Waals surface area contributed by atoms with Gasteiger partial charge in [0.1, 0.15) is 5.76 Å². The molecule has 0 aromatic rings. The predicted octanol–water partition coefficient (Wildman–Crippen LogP) is 7.27. The Bertz CT molecular complexity index is 492. The van der Waals surface area contributed by atoms with E-state index in [0.717, 1.165) is 43.4 Å². The molecular weight excluding hydrogens is 318 g/mol. The molecule has 2 saturated carbocycles. The number of allylic oxidation sites excluding steroid dienone is 3. The highest BCUT2D eigenvalue weighted by molar-refractivity contribution is 5.34. The van der Waals surface area contributed by atoms with Crippen LogP contribution in [0.3, 0.4) is 0 Å². The summed E-state index contributed by atoms with van der Waals surface area (Å²) >= 11 is 0. The number of halogens is 2. The number of hydrogen-bond acceptors (Lipinski definition) is 1. The summed E-state index contributed by atoms with van der Waals surface area (Å²) in [6, 6.07) is 0. The highest BCUT2D eigenvalue weighted by Crippen LogP contribution is 2.44. The normalized spacial score (nSPS) is 31.2. The van der Waals surface area contributed by atoms with E-state index in [1.807, 2.05) is 0 Å². The summed E-state index contributed by atoms with van der Waals surface area (Å²) in [4.78, 5) is 0. The Balaban J connectivity index is 1.83. The van der Waals surface area contributed by atoms with Crippen LogP contribution in [0.1, 0.15) is 71.1 Å². The molecule has 25 heavy (non-hydrogen) atoms. The molecule has 2 fully saturated rings. The van der Waals surface area contributed by atoms with Gasteiger partial charge in [0.05, 0.1) is 7.11 Å². The van der Waals surface area contributed by atoms with Crippen molar-refractivity contribution >= 4 is 0 Å². The minimum atomic E-state index is -1.01. The molecule has 2 aliphatic rings. The highest BCUT2D eigenvalue weighted by Gasteiger charge is 2.32. The van der Waals surface area contributed by atoms with E-state index >= 15 is 0 Å². The Hall–Kier alpha value is -1.12. The Morgan fingerprint density at radius 2 is 1.40 bits per heavy atom. The second kappa shape index (κ2) is 9.54. The van der Waals surface area contributed by atoms with Gasteiger partial charge in [-0.3, -0.25) is 0 Å². The van der Waals surface area contributed by atoms with Crippen LogP contribution in [-0.4, -0.2) is 7.11 Å². The van der Waals surface area contributed by atoms with Crippen LogP contribution in [0.25, 0.3) is 0 Å². The molecule has 2 rings (SSSR count). The zero-order valence-corrected chi connectivity index (χ0v) is 16.0. The van der Waals surface area contributed by atoms with E-state index in [0.29, 0.717) is 0 Å². The quantitative estimate of drug-likeness (QED) is 0.346. The van der Waals surface area contributed by atoms with Crippen LogP contribution in [-0.2, 0) is 4.74 Å². The molecule has 0 N–H and O–H groups in total. The number of ether oxygens (including phenoxy) is 1. The van der Waals surface area contributed by atoms with Crippen molar-refractivity contribution in [3.05, 3.63) is 36.1 Å². The van der Waals surface area contributed by atoms with E-state index in [1.54, 1.807) is 0 Å². The van der Waals surface area contributed by atoms with Gasteiger partial charge in [-0.15, -0.1) is 0 Å². The van der Waals surface area contributed by atoms with Gasteiger partial charge < -0.3 is 4.74 Å². The molecule has 0 aromatic carbocycles. The summed E-state index contributed by atoms with van der Waals surface area (Å²) in [6.45, 7) is 9.47. The minimum Gasteiger partial charge on any atom is -0.494 e. The van der Waals surface area contributed by atoms with Crippen molar-refractivity contribution in [2.24, 2.45) is 23.7 Å². The molecule has 0 aromatic heterocycles. The first-order valence-electron chi connectivity index (χ1n) is 9.95. The molecule has 1 nitrogen and oxygen atoms in total. The summed E-state index contributed by atoms with van der Waals surface area (Å²) in [6.07, 6.45) is 12.2. The Labute approximate surface area is 152 Å². The standard InChI is InChI=1S/C22H34F2O/c1-5-6-17-7-9-19(10-8-17)20-13-11-18(12-14-20)15(2)21(23)22(24)16(3)25-4/h17-20H,2-3,5-14H2,1,4H3/b22-21-. The lowest BCUT2D eigenvalue weighted by Crippen LogP contribution is -2.26. The second-order valence-electron chi connectivity index (χ2n) is 7.96. The monoisotopic (exact) mass is 352 g/mol. The van der Waals surface area contributed by atoms with Gasteiger partial charge in [-0.25, -0.2) is 4.39 Å². The molecule has 0 saturated heterocycles. The van der Waals surface area contributed by atoms with Gasteiger partial charge in [-0.05, 0) is 67.8 Å². The van der Waals surface area contributed by atoms with Gasteiger partial charge in [-0.2, -0.15) is 4.39 Å². The molecule has 0 amide bonds. The van der Waals surface area contributed by atoms with Gasteiger partial charge in [0.2, 0.25) is 0 Å². The van der Waals surface area contributed by atoms with Crippen molar-refractivity contribution in [3.63, 3.8) is 0 Å². The number of methoxy groups -OCH3 is 1. The molecule has 0 unspecified atom stereocenters. The van der Waals surface area contributed by atoms with E-state index in [2.05, 4.69) is 24.8 Å². The van der Waals surface area contributed by atoms with Gasteiger partial charge in [0.15, 0.2) is 11.7 Å². The zero-order chi connectivity index (χ0) is 18.4. The van der Waals surface area contributed by atoms with E-state index in [-0.39, 0.29) is 17.3 Å². The first kappa shape index (κ1) is 20.2. The molecule has 3 heteroatoms.